The average molecular weight is 261 g/mol. The molecule has 3 heteroatoms. The Morgan fingerprint density at radius 2 is 2.00 bits per heavy atom. The quantitative estimate of drug-likeness (QED) is 0.891. The summed E-state index contributed by atoms with van der Waals surface area (Å²) in [7, 11) is 6.60. The molecule has 1 aliphatic heterocycles. The van der Waals surface area contributed by atoms with Gasteiger partial charge in [0, 0.05) is 25.7 Å². The van der Waals surface area contributed by atoms with E-state index in [2.05, 4.69) is 67.4 Å². The minimum Gasteiger partial charge on any atom is -0.314 e. The number of hydrogen-bond donors (Lipinski definition) is 1. The minimum atomic E-state index is 0.448. The Kier molecular flexibility index (Phi) is 4.97. The number of aryl methyl sites for hydroxylation is 1. The molecule has 1 saturated heterocycles. The van der Waals surface area contributed by atoms with Crippen LogP contribution in [0.1, 0.15) is 24.1 Å². The molecule has 1 aromatic rings. The number of nitrogens with one attached hydrogen (secondary N) is 1. The highest BCUT2D eigenvalue weighted by Gasteiger charge is 2.30. The van der Waals surface area contributed by atoms with E-state index in [1.165, 1.54) is 11.1 Å². The molecule has 0 saturated carbocycles. The molecule has 2 atom stereocenters. The van der Waals surface area contributed by atoms with Crippen molar-refractivity contribution in [3.8, 4) is 0 Å². The Morgan fingerprint density at radius 1 is 1.32 bits per heavy atom. The summed E-state index contributed by atoms with van der Waals surface area (Å²) in [4.78, 5) is 4.82. The lowest BCUT2D eigenvalue weighted by Crippen LogP contribution is -2.54. The summed E-state index contributed by atoms with van der Waals surface area (Å²) < 4.78 is 0. The van der Waals surface area contributed by atoms with Crippen molar-refractivity contribution in [1.29, 1.82) is 0 Å². The lowest BCUT2D eigenvalue weighted by atomic mass is 9.94. The average Bonchev–Trinajstić information content (AvgIpc) is 2.42. The molecule has 1 N–H and O–H groups in total. The van der Waals surface area contributed by atoms with Gasteiger partial charge in [0.25, 0.3) is 0 Å². The van der Waals surface area contributed by atoms with Gasteiger partial charge in [0.1, 0.15) is 0 Å². The first kappa shape index (κ1) is 14.5. The Bertz CT molecular complexity index is 385. The highest BCUT2D eigenvalue weighted by atomic mass is 15.3. The van der Waals surface area contributed by atoms with Gasteiger partial charge < -0.3 is 10.2 Å². The molecule has 0 spiro atoms. The summed E-state index contributed by atoms with van der Waals surface area (Å²) in [6, 6.07) is 10.1. The third kappa shape index (κ3) is 3.35. The molecular weight excluding hydrogens is 234 g/mol. The fourth-order valence-corrected chi connectivity index (χ4v) is 2.99. The van der Waals surface area contributed by atoms with Crippen molar-refractivity contribution in [1.82, 2.24) is 15.1 Å². The van der Waals surface area contributed by atoms with Gasteiger partial charge in [-0.3, -0.25) is 4.90 Å². The number of hydrogen-bond acceptors (Lipinski definition) is 3. The fraction of sp³-hybridized carbons (Fsp3) is 0.625. The van der Waals surface area contributed by atoms with E-state index in [4.69, 9.17) is 0 Å². The summed E-state index contributed by atoms with van der Waals surface area (Å²) in [5.41, 5.74) is 2.83. The van der Waals surface area contributed by atoms with Crippen LogP contribution in [0.25, 0.3) is 0 Å². The second-order valence-electron chi connectivity index (χ2n) is 5.76. The molecule has 19 heavy (non-hydrogen) atoms. The first-order valence-electron chi connectivity index (χ1n) is 7.29. The minimum absolute atomic E-state index is 0.448. The van der Waals surface area contributed by atoms with Crippen LogP contribution < -0.4 is 5.32 Å². The summed E-state index contributed by atoms with van der Waals surface area (Å²) in [5.74, 6) is 0. The summed E-state index contributed by atoms with van der Waals surface area (Å²) in [6.45, 7) is 5.50. The fourth-order valence-electron chi connectivity index (χ4n) is 2.99. The van der Waals surface area contributed by atoms with E-state index < -0.39 is 0 Å². The van der Waals surface area contributed by atoms with Crippen molar-refractivity contribution in [2.75, 3.05) is 40.8 Å². The highest BCUT2D eigenvalue weighted by Crippen LogP contribution is 2.26. The number of nitrogens with zero attached hydrogens (tertiary/aromatic N) is 2. The van der Waals surface area contributed by atoms with Crippen LogP contribution >= 0.6 is 0 Å². The van der Waals surface area contributed by atoms with Crippen LogP contribution in [0.3, 0.4) is 0 Å². The second-order valence-corrected chi connectivity index (χ2v) is 5.76. The molecule has 0 radical (unpaired) electrons. The van der Waals surface area contributed by atoms with Crippen molar-refractivity contribution in [2.24, 2.45) is 0 Å². The van der Waals surface area contributed by atoms with Crippen molar-refractivity contribution in [3.63, 3.8) is 0 Å². The van der Waals surface area contributed by atoms with Gasteiger partial charge in [-0.05, 0) is 38.7 Å². The molecule has 2 unspecified atom stereocenters. The van der Waals surface area contributed by atoms with Crippen LogP contribution in [-0.2, 0) is 6.42 Å². The zero-order valence-electron chi connectivity index (χ0n) is 12.7. The number of likely N-dealkylation sites (N-methyl/N-ethyl adjacent to an activating group) is 2. The third-order valence-electron chi connectivity index (χ3n) is 4.21. The van der Waals surface area contributed by atoms with Crippen LogP contribution in [0.5, 0.6) is 0 Å². The van der Waals surface area contributed by atoms with Crippen molar-refractivity contribution >= 4 is 0 Å². The molecule has 2 rings (SSSR count). The Labute approximate surface area is 117 Å². The van der Waals surface area contributed by atoms with E-state index in [0.29, 0.717) is 12.1 Å². The number of rotatable bonds is 4. The van der Waals surface area contributed by atoms with E-state index in [9.17, 15) is 0 Å². The van der Waals surface area contributed by atoms with Gasteiger partial charge in [-0.25, -0.2) is 0 Å². The zero-order valence-corrected chi connectivity index (χ0v) is 12.7. The molecule has 3 nitrogen and oxygen atoms in total. The second kappa shape index (κ2) is 6.51. The Morgan fingerprint density at radius 3 is 2.53 bits per heavy atom. The predicted octanol–water partition coefficient (Wildman–Crippen LogP) is 1.76. The van der Waals surface area contributed by atoms with Gasteiger partial charge >= 0.3 is 0 Å². The van der Waals surface area contributed by atoms with E-state index in [0.717, 1.165) is 26.1 Å². The van der Waals surface area contributed by atoms with E-state index >= 15 is 0 Å². The van der Waals surface area contributed by atoms with Crippen LogP contribution in [-0.4, -0.2) is 56.6 Å². The lowest BCUT2D eigenvalue weighted by molar-refractivity contribution is 0.107. The van der Waals surface area contributed by atoms with E-state index in [-0.39, 0.29) is 0 Å². The number of piperazine rings is 1. The van der Waals surface area contributed by atoms with Crippen molar-refractivity contribution in [2.45, 2.75) is 25.4 Å². The maximum absolute atomic E-state index is 3.52. The van der Waals surface area contributed by atoms with Crippen molar-refractivity contribution in [3.05, 3.63) is 35.4 Å². The maximum atomic E-state index is 3.52. The van der Waals surface area contributed by atoms with Gasteiger partial charge in [-0.2, -0.15) is 0 Å². The largest absolute Gasteiger partial charge is 0.314 e. The SMILES string of the molecule is CCc1ccc(C(C2CNCCN2C)N(C)C)cc1. The molecule has 1 fully saturated rings. The first-order valence-corrected chi connectivity index (χ1v) is 7.29. The maximum Gasteiger partial charge on any atom is 0.0510 e. The van der Waals surface area contributed by atoms with Gasteiger partial charge in [0.2, 0.25) is 0 Å². The molecule has 0 aliphatic carbocycles. The first-order chi connectivity index (χ1) is 9.13. The number of benzene rings is 1. The third-order valence-corrected chi connectivity index (χ3v) is 4.21. The topological polar surface area (TPSA) is 18.5 Å². The molecule has 1 aromatic carbocycles. The molecule has 1 aliphatic rings. The lowest BCUT2D eigenvalue weighted by Gasteiger charge is -2.41. The molecule has 0 amide bonds. The molecule has 0 bridgehead atoms. The van der Waals surface area contributed by atoms with Crippen molar-refractivity contribution < 1.29 is 0 Å². The standard InChI is InChI=1S/C16H27N3/c1-5-13-6-8-14(9-7-13)16(18(2)3)15-12-17-10-11-19(15)4/h6-9,15-17H,5,10-12H2,1-4H3. The molecule has 1 heterocycles. The Hall–Kier alpha value is -0.900. The van der Waals surface area contributed by atoms with Gasteiger partial charge in [0.15, 0.2) is 0 Å². The molecule has 106 valence electrons. The van der Waals surface area contributed by atoms with Crippen LogP contribution in [0.4, 0.5) is 0 Å². The summed E-state index contributed by atoms with van der Waals surface area (Å²) in [6.07, 6.45) is 1.11. The van der Waals surface area contributed by atoms with Crippen LogP contribution in [0.2, 0.25) is 0 Å². The summed E-state index contributed by atoms with van der Waals surface area (Å²) in [5, 5.41) is 3.52. The molecular formula is C16H27N3. The van der Waals surface area contributed by atoms with E-state index in [1.807, 2.05) is 0 Å². The van der Waals surface area contributed by atoms with Crippen LogP contribution in [0, 0.1) is 0 Å². The monoisotopic (exact) mass is 261 g/mol. The van der Waals surface area contributed by atoms with Gasteiger partial charge in [-0.15, -0.1) is 0 Å². The normalized spacial score (nSPS) is 22.7. The van der Waals surface area contributed by atoms with Gasteiger partial charge in [0.05, 0.1) is 6.04 Å². The predicted molar refractivity (Wildman–Crippen MR) is 81.5 cm³/mol. The Balaban J connectivity index is 2.23. The summed E-state index contributed by atoms with van der Waals surface area (Å²) >= 11 is 0. The smallest absolute Gasteiger partial charge is 0.0510 e. The van der Waals surface area contributed by atoms with E-state index in [1.54, 1.807) is 0 Å². The van der Waals surface area contributed by atoms with Gasteiger partial charge in [-0.1, -0.05) is 31.2 Å². The van der Waals surface area contributed by atoms with Crippen LogP contribution in [0.15, 0.2) is 24.3 Å². The highest BCUT2D eigenvalue weighted by molar-refractivity contribution is 5.26. The zero-order chi connectivity index (χ0) is 13.8. The molecule has 0 aromatic heterocycles.